The molecule has 0 aliphatic rings. The van der Waals surface area contributed by atoms with Crippen LogP contribution in [-0.2, 0) is 0 Å². The molecule has 1 aromatic carbocycles. The molecule has 4 heteroatoms. The van der Waals surface area contributed by atoms with Crippen LogP contribution in [0.4, 0.5) is 0 Å². The van der Waals surface area contributed by atoms with Gasteiger partial charge in [-0.05, 0) is 12.1 Å². The van der Waals surface area contributed by atoms with Gasteiger partial charge in [-0.2, -0.15) is 0 Å². The lowest BCUT2D eigenvalue weighted by Gasteiger charge is -2.00. The molecule has 0 atom stereocenters. The van der Waals surface area contributed by atoms with Gasteiger partial charge in [0, 0.05) is 0 Å². The Labute approximate surface area is 65.1 Å². The average molecular weight is 153 g/mol. The zero-order valence-electron chi connectivity index (χ0n) is 6.69. The summed E-state index contributed by atoms with van der Waals surface area (Å²) in [6.45, 7) is 0. The highest BCUT2D eigenvalue weighted by Gasteiger charge is 2.06. The third kappa shape index (κ3) is 1.47. The molecule has 0 radical (unpaired) electrons. The Hall–Kier alpha value is -1.55. The number of nitrogens with two attached hydrogens (primary N) is 1. The minimum atomic E-state index is -0.743. The predicted octanol–water partition coefficient (Wildman–Crippen LogP) is -0.00430. The van der Waals surface area contributed by atoms with Gasteiger partial charge in [0.15, 0.2) is 1.41 Å². The summed E-state index contributed by atoms with van der Waals surface area (Å²) in [5.41, 5.74) is 0.199. The van der Waals surface area contributed by atoms with Crippen molar-refractivity contribution in [2.75, 3.05) is 0 Å². The summed E-state index contributed by atoms with van der Waals surface area (Å²) in [5.74, 6) is 3.96. The maximum absolute atomic E-state index is 11.0. The molecule has 4 nitrogen and oxygen atoms in total. The lowest BCUT2D eigenvalue weighted by molar-refractivity contribution is 0.0951. The van der Waals surface area contributed by atoms with E-state index in [1.807, 2.05) is 0 Å². The molecule has 1 amide bonds. The molecular weight excluding hydrogens is 144 g/mol. The number of hydrogen-bond acceptors (Lipinski definition) is 3. The monoisotopic (exact) mass is 153 g/mol. The van der Waals surface area contributed by atoms with Crippen LogP contribution < -0.4 is 11.3 Å². The highest BCUT2D eigenvalue weighted by atomic mass is 16.3. The molecule has 0 saturated heterocycles. The Balaban J connectivity index is 3.03. The molecule has 0 spiro atoms. The highest BCUT2D eigenvalue weighted by Crippen LogP contribution is 2.14. The molecular formula is C7H8N2O2. The number of carbonyl (C=O) groups is 1. The van der Waals surface area contributed by atoms with Crippen molar-refractivity contribution < 1.29 is 11.3 Å². The van der Waals surface area contributed by atoms with Crippen molar-refractivity contribution in [3.8, 4) is 5.75 Å². The van der Waals surface area contributed by atoms with Crippen LogP contribution in [0.3, 0.4) is 0 Å². The standard InChI is InChI=1S/C7H8N2O2/c8-9-7(11)5-3-1-2-4-6(5)10/h1-4,10H,8H2,(H,9,11)/i/hD. The minimum absolute atomic E-state index is 0.0231. The van der Waals surface area contributed by atoms with Gasteiger partial charge in [-0.3, -0.25) is 10.2 Å². The molecule has 0 aliphatic heterocycles. The Bertz CT molecular complexity index is 301. The zero-order valence-corrected chi connectivity index (χ0v) is 5.69. The summed E-state index contributed by atoms with van der Waals surface area (Å²) in [5, 5.41) is 9.14. The number of carbonyl (C=O) groups excluding carboxylic acids is 1. The summed E-state index contributed by atoms with van der Waals surface area (Å²) in [6.07, 6.45) is 0. The summed E-state index contributed by atoms with van der Waals surface area (Å²) >= 11 is 0. The van der Waals surface area contributed by atoms with Crippen LogP contribution in [0.1, 0.15) is 10.4 Å². The van der Waals surface area contributed by atoms with Gasteiger partial charge >= 0.3 is 0 Å². The van der Waals surface area contributed by atoms with E-state index >= 15 is 0 Å². The fourth-order valence-electron chi connectivity index (χ4n) is 0.724. The Morgan fingerprint density at radius 3 is 2.82 bits per heavy atom. The topological polar surface area (TPSA) is 75.3 Å². The number of amides is 1. The second-order valence-corrected chi connectivity index (χ2v) is 1.95. The normalized spacial score (nSPS) is 10.5. The van der Waals surface area contributed by atoms with Gasteiger partial charge < -0.3 is 5.11 Å². The maximum atomic E-state index is 11.0. The number of phenolic OH excluding ortho intramolecular Hbond substituents is 1. The number of nitrogens with one attached hydrogen (secondary N) is 1. The van der Waals surface area contributed by atoms with Gasteiger partial charge in [-0.15, -0.1) is 0 Å². The maximum Gasteiger partial charge on any atom is 0.268 e. The van der Waals surface area contributed by atoms with Gasteiger partial charge in [0.2, 0.25) is 0 Å². The number of rotatable bonds is 1. The molecule has 58 valence electrons. The molecule has 0 saturated carbocycles. The Morgan fingerprint density at radius 2 is 2.27 bits per heavy atom. The number of para-hydroxylation sites is 1. The minimum Gasteiger partial charge on any atom is -0.507 e. The first-order valence-electron chi connectivity index (χ1n) is 3.43. The SMILES string of the molecule is [2H]N(N)C(=O)c1ccccc1O. The van der Waals surface area contributed by atoms with Gasteiger partial charge in [0.25, 0.3) is 5.91 Å². The molecule has 0 fully saturated rings. The van der Waals surface area contributed by atoms with E-state index in [4.69, 9.17) is 12.4 Å². The Kier molecular flexibility index (Phi) is 1.70. The Morgan fingerprint density at radius 1 is 1.64 bits per heavy atom. The molecule has 0 aliphatic carbocycles. The van der Waals surface area contributed by atoms with Crippen molar-refractivity contribution >= 4 is 5.91 Å². The fourth-order valence-corrected chi connectivity index (χ4v) is 0.724. The van der Waals surface area contributed by atoms with Crippen LogP contribution in [0.25, 0.3) is 0 Å². The van der Waals surface area contributed by atoms with E-state index in [1.165, 1.54) is 12.1 Å². The van der Waals surface area contributed by atoms with Crippen molar-refractivity contribution in [3.63, 3.8) is 0 Å². The second-order valence-electron chi connectivity index (χ2n) is 1.95. The predicted molar refractivity (Wildman–Crippen MR) is 39.8 cm³/mol. The van der Waals surface area contributed by atoms with Gasteiger partial charge in [-0.25, -0.2) is 5.84 Å². The van der Waals surface area contributed by atoms with E-state index in [2.05, 4.69) is 0 Å². The summed E-state index contributed by atoms with van der Waals surface area (Å²) < 4.78 is 6.77. The molecule has 0 unspecified atom stereocenters. The smallest absolute Gasteiger partial charge is 0.268 e. The third-order valence-corrected chi connectivity index (χ3v) is 1.25. The first-order chi connectivity index (χ1) is 5.63. The lowest BCUT2D eigenvalue weighted by Crippen LogP contribution is -2.29. The zero-order chi connectivity index (χ0) is 9.14. The molecule has 4 N–H and O–H groups in total. The number of hydrazine groups is 1. The van der Waals surface area contributed by atoms with Crippen LogP contribution in [0.15, 0.2) is 24.3 Å². The molecule has 11 heavy (non-hydrogen) atoms. The molecule has 0 bridgehead atoms. The summed E-state index contributed by atoms with van der Waals surface area (Å²) in [4.78, 5) is 11.0. The number of phenols is 1. The first-order valence-corrected chi connectivity index (χ1v) is 2.99. The summed E-state index contributed by atoms with van der Waals surface area (Å²) in [6, 6.07) is 5.91. The highest BCUT2D eigenvalue weighted by molar-refractivity contribution is 5.96. The molecule has 0 aromatic heterocycles. The number of nitrogen functional groups attached to an aromatic ring is 1. The van der Waals surface area contributed by atoms with E-state index in [9.17, 15) is 4.79 Å². The van der Waals surface area contributed by atoms with Gasteiger partial charge in [0.1, 0.15) is 5.75 Å². The fraction of sp³-hybridized carbons (Fsp3) is 0. The van der Waals surface area contributed by atoms with Crippen molar-refractivity contribution in [1.82, 2.24) is 5.42 Å². The van der Waals surface area contributed by atoms with Crippen LogP contribution in [-0.4, -0.2) is 11.0 Å². The van der Waals surface area contributed by atoms with Crippen LogP contribution >= 0.6 is 0 Å². The quantitative estimate of drug-likeness (QED) is 0.302. The summed E-state index contributed by atoms with van der Waals surface area (Å²) in [7, 11) is 0. The molecule has 1 rings (SSSR count). The van der Waals surface area contributed by atoms with Crippen molar-refractivity contribution in [3.05, 3.63) is 29.8 Å². The third-order valence-electron chi connectivity index (χ3n) is 1.25. The number of benzene rings is 1. The average Bonchev–Trinajstić information content (AvgIpc) is 2.04. The van der Waals surface area contributed by atoms with E-state index in [1.54, 1.807) is 12.1 Å². The largest absolute Gasteiger partial charge is 0.507 e. The van der Waals surface area contributed by atoms with Gasteiger partial charge in [0.05, 0.1) is 5.56 Å². The first kappa shape index (κ1) is 6.18. The number of aromatic hydroxyl groups is 1. The molecule has 0 heterocycles. The van der Waals surface area contributed by atoms with Crippen molar-refractivity contribution in [1.29, 1.82) is 0 Å². The van der Waals surface area contributed by atoms with E-state index in [0.29, 0.717) is 0 Å². The van der Waals surface area contributed by atoms with Crippen molar-refractivity contribution in [2.45, 2.75) is 0 Å². The second kappa shape index (κ2) is 3.03. The van der Waals surface area contributed by atoms with Gasteiger partial charge in [-0.1, -0.05) is 12.1 Å². The van der Waals surface area contributed by atoms with E-state index < -0.39 is 5.91 Å². The van der Waals surface area contributed by atoms with Crippen LogP contribution in [0.2, 0.25) is 1.41 Å². The molecule has 1 aromatic rings. The lowest BCUT2D eigenvalue weighted by atomic mass is 10.2. The van der Waals surface area contributed by atoms with E-state index in [0.717, 1.165) is 0 Å². The number of hydrogen-bond donors (Lipinski definition) is 3. The van der Waals surface area contributed by atoms with E-state index in [-0.39, 0.29) is 16.7 Å². The van der Waals surface area contributed by atoms with Crippen LogP contribution in [0.5, 0.6) is 5.75 Å². The van der Waals surface area contributed by atoms with Crippen LogP contribution in [0, 0.1) is 0 Å². The van der Waals surface area contributed by atoms with Crippen molar-refractivity contribution in [2.24, 2.45) is 5.84 Å².